The first kappa shape index (κ1) is 21.6. The van der Waals surface area contributed by atoms with Gasteiger partial charge in [0.2, 0.25) is 5.91 Å². The number of amides is 1. The molecule has 1 fully saturated rings. The number of piperidine rings is 1. The molecule has 3 N–H and O–H groups in total. The van der Waals surface area contributed by atoms with Gasteiger partial charge in [0.15, 0.2) is 0 Å². The van der Waals surface area contributed by atoms with Crippen LogP contribution in [0.3, 0.4) is 0 Å². The van der Waals surface area contributed by atoms with Crippen molar-refractivity contribution in [2.75, 3.05) is 19.6 Å². The summed E-state index contributed by atoms with van der Waals surface area (Å²) >= 11 is 0. The van der Waals surface area contributed by atoms with Gasteiger partial charge >= 0.3 is 0 Å². The van der Waals surface area contributed by atoms with E-state index in [4.69, 9.17) is 5.73 Å². The minimum atomic E-state index is -1.25. The molecule has 3 atom stereocenters. The lowest BCUT2D eigenvalue weighted by atomic mass is 9.97. The summed E-state index contributed by atoms with van der Waals surface area (Å²) < 4.78 is 29.2. The largest absolute Gasteiger partial charge is 0.342 e. The number of benzene rings is 2. The summed E-state index contributed by atoms with van der Waals surface area (Å²) in [7, 11) is -1.25. The molecule has 0 aromatic heterocycles. The van der Waals surface area contributed by atoms with Gasteiger partial charge in [-0.15, -0.1) is 0 Å². The Morgan fingerprint density at radius 1 is 1.21 bits per heavy atom. The topological polar surface area (TPSA) is 75.4 Å². The molecule has 0 spiro atoms. The molecule has 5 nitrogen and oxygen atoms in total. The number of nitrogens with zero attached hydrogens (tertiary/aromatic N) is 1. The van der Waals surface area contributed by atoms with E-state index in [9.17, 15) is 13.4 Å². The van der Waals surface area contributed by atoms with E-state index in [1.165, 1.54) is 6.07 Å². The minimum absolute atomic E-state index is 0.00252. The molecule has 1 aliphatic rings. The van der Waals surface area contributed by atoms with Gasteiger partial charge in [-0.2, -0.15) is 0 Å². The van der Waals surface area contributed by atoms with E-state index in [0.717, 1.165) is 17.7 Å². The van der Waals surface area contributed by atoms with Gasteiger partial charge in [0.05, 0.1) is 4.90 Å². The van der Waals surface area contributed by atoms with Crippen molar-refractivity contribution >= 4 is 16.9 Å². The Hall–Kier alpha value is -2.09. The number of hydrogen-bond acceptors (Lipinski definition) is 3. The van der Waals surface area contributed by atoms with Crippen molar-refractivity contribution < 1.29 is 13.4 Å². The molecule has 29 heavy (non-hydrogen) atoms. The summed E-state index contributed by atoms with van der Waals surface area (Å²) in [5, 5.41) is 0. The number of likely N-dealkylation sites (tertiary alicyclic amines) is 1. The van der Waals surface area contributed by atoms with Crippen LogP contribution in [0.25, 0.3) is 0 Å². The smallest absolute Gasteiger partial charge is 0.224 e. The maximum atomic E-state index is 13.8. The predicted octanol–water partition coefficient (Wildman–Crippen LogP) is 2.64. The van der Waals surface area contributed by atoms with Gasteiger partial charge in [0, 0.05) is 32.1 Å². The van der Waals surface area contributed by atoms with Crippen LogP contribution in [0.15, 0.2) is 59.5 Å². The molecule has 1 heterocycles. The summed E-state index contributed by atoms with van der Waals surface area (Å²) in [5.74, 6) is -0.0307. The summed E-state index contributed by atoms with van der Waals surface area (Å²) in [4.78, 5) is 15.2. The van der Waals surface area contributed by atoms with Gasteiger partial charge in [-0.1, -0.05) is 36.4 Å². The number of hydrogen-bond donors (Lipinski definition) is 2. The molecule has 0 bridgehead atoms. The van der Waals surface area contributed by atoms with E-state index in [-0.39, 0.29) is 24.1 Å². The van der Waals surface area contributed by atoms with E-state index in [2.05, 4.69) is 4.72 Å². The lowest BCUT2D eigenvalue weighted by molar-refractivity contribution is -0.133. The lowest BCUT2D eigenvalue weighted by Crippen LogP contribution is -2.45. The molecule has 1 aliphatic heterocycles. The van der Waals surface area contributed by atoms with Crippen LogP contribution in [0, 0.1) is 11.7 Å². The lowest BCUT2D eigenvalue weighted by Gasteiger charge is -2.33. The van der Waals surface area contributed by atoms with Gasteiger partial charge in [0.1, 0.15) is 16.8 Å². The zero-order valence-corrected chi connectivity index (χ0v) is 17.2. The van der Waals surface area contributed by atoms with E-state index in [1.807, 2.05) is 35.2 Å². The van der Waals surface area contributed by atoms with Crippen molar-refractivity contribution in [3.63, 3.8) is 0 Å². The van der Waals surface area contributed by atoms with Gasteiger partial charge < -0.3 is 10.6 Å². The molecular weight excluding hydrogens is 389 g/mol. The standard InChI is InChI=1S/C22H28FN3O2S/c23-21-11-5-4-8-18(21)13-19(24)14-22(27)26-12-6-7-17(16-26)15-25-29(28)20-9-2-1-3-10-20/h1-5,8-11,17,19,25H,6-7,12-16,24H2. The molecular formula is C22H28FN3O2S. The Morgan fingerprint density at radius 2 is 1.93 bits per heavy atom. The fraction of sp³-hybridized carbons (Fsp3) is 0.409. The highest BCUT2D eigenvalue weighted by Gasteiger charge is 2.25. The predicted molar refractivity (Wildman–Crippen MR) is 113 cm³/mol. The minimum Gasteiger partial charge on any atom is -0.342 e. The summed E-state index contributed by atoms with van der Waals surface area (Å²) in [5.41, 5.74) is 6.65. The Bertz CT molecular complexity index is 834. The molecule has 2 aromatic rings. The molecule has 3 rings (SSSR count). The number of carbonyl (C=O) groups is 1. The molecule has 0 aliphatic carbocycles. The molecule has 2 aromatic carbocycles. The highest BCUT2D eigenvalue weighted by atomic mass is 32.2. The quantitative estimate of drug-likeness (QED) is 0.693. The van der Waals surface area contributed by atoms with Gasteiger partial charge in [0.25, 0.3) is 0 Å². The first-order valence-electron chi connectivity index (χ1n) is 10.00. The zero-order valence-electron chi connectivity index (χ0n) is 16.4. The van der Waals surface area contributed by atoms with Crippen LogP contribution in [0.1, 0.15) is 24.8 Å². The highest BCUT2D eigenvalue weighted by molar-refractivity contribution is 7.83. The molecule has 7 heteroatoms. The first-order chi connectivity index (χ1) is 14.0. The number of nitrogens with two attached hydrogens (primary N) is 1. The molecule has 0 radical (unpaired) electrons. The second kappa shape index (κ2) is 10.6. The van der Waals surface area contributed by atoms with Crippen LogP contribution < -0.4 is 10.5 Å². The van der Waals surface area contributed by atoms with E-state index >= 15 is 0 Å². The number of halogens is 1. The Labute approximate surface area is 174 Å². The van der Waals surface area contributed by atoms with Gasteiger partial charge in [-0.3, -0.25) is 4.79 Å². The third-order valence-corrected chi connectivity index (χ3v) is 6.34. The highest BCUT2D eigenvalue weighted by Crippen LogP contribution is 2.18. The second-order valence-electron chi connectivity index (χ2n) is 7.54. The van der Waals surface area contributed by atoms with E-state index in [1.54, 1.807) is 18.2 Å². The second-order valence-corrected chi connectivity index (χ2v) is 8.84. The van der Waals surface area contributed by atoms with Gasteiger partial charge in [-0.25, -0.2) is 13.3 Å². The van der Waals surface area contributed by atoms with Crippen molar-refractivity contribution in [3.8, 4) is 0 Å². The van der Waals surface area contributed by atoms with E-state index in [0.29, 0.717) is 31.6 Å². The fourth-order valence-corrected chi connectivity index (χ4v) is 4.61. The van der Waals surface area contributed by atoms with Crippen molar-refractivity contribution in [3.05, 3.63) is 66.0 Å². The monoisotopic (exact) mass is 417 g/mol. The van der Waals surface area contributed by atoms with Crippen molar-refractivity contribution in [1.82, 2.24) is 9.62 Å². The van der Waals surface area contributed by atoms with Crippen LogP contribution in [-0.4, -0.2) is 40.7 Å². The fourth-order valence-electron chi connectivity index (χ4n) is 3.65. The normalized spacial score (nSPS) is 19.0. The molecule has 0 saturated carbocycles. The van der Waals surface area contributed by atoms with Crippen molar-refractivity contribution in [1.29, 1.82) is 0 Å². The average Bonchev–Trinajstić information content (AvgIpc) is 2.74. The molecule has 156 valence electrons. The zero-order chi connectivity index (χ0) is 20.6. The SMILES string of the molecule is NC(CC(=O)N1CCCC(CNS(=O)c2ccccc2)C1)Cc1ccccc1F. The maximum Gasteiger partial charge on any atom is 0.224 e. The first-order valence-corrected chi connectivity index (χ1v) is 11.1. The number of rotatable bonds is 8. The summed E-state index contributed by atoms with van der Waals surface area (Å²) in [6.07, 6.45) is 2.44. The Kier molecular flexibility index (Phi) is 7.91. The Morgan fingerprint density at radius 3 is 2.69 bits per heavy atom. The van der Waals surface area contributed by atoms with E-state index < -0.39 is 17.0 Å². The molecule has 3 unspecified atom stereocenters. The van der Waals surface area contributed by atoms with Crippen LogP contribution in [-0.2, 0) is 22.2 Å². The number of carbonyl (C=O) groups excluding carboxylic acids is 1. The average molecular weight is 418 g/mol. The van der Waals surface area contributed by atoms with Gasteiger partial charge in [-0.05, 0) is 48.9 Å². The summed E-state index contributed by atoms with van der Waals surface area (Å²) in [6, 6.07) is 15.4. The van der Waals surface area contributed by atoms with Crippen LogP contribution in [0.4, 0.5) is 4.39 Å². The third-order valence-electron chi connectivity index (χ3n) is 5.21. The van der Waals surface area contributed by atoms with Crippen LogP contribution >= 0.6 is 0 Å². The third kappa shape index (κ3) is 6.45. The maximum absolute atomic E-state index is 13.8. The van der Waals surface area contributed by atoms with Crippen molar-refractivity contribution in [2.45, 2.75) is 36.6 Å². The van der Waals surface area contributed by atoms with Crippen LogP contribution in [0.5, 0.6) is 0 Å². The van der Waals surface area contributed by atoms with Crippen molar-refractivity contribution in [2.24, 2.45) is 11.7 Å². The number of nitrogens with one attached hydrogen (secondary N) is 1. The molecule has 1 saturated heterocycles. The molecule has 1 amide bonds. The summed E-state index contributed by atoms with van der Waals surface area (Å²) in [6.45, 7) is 1.93. The Balaban J connectivity index is 1.46. The van der Waals surface area contributed by atoms with Crippen LogP contribution in [0.2, 0.25) is 0 Å².